The van der Waals surface area contributed by atoms with E-state index in [9.17, 15) is 9.59 Å². The molecule has 0 radical (unpaired) electrons. The van der Waals surface area contributed by atoms with Crippen LogP contribution >= 0.6 is 11.6 Å². The molecule has 1 aliphatic rings. The molecule has 176 valence electrons. The van der Waals surface area contributed by atoms with E-state index in [1.54, 1.807) is 43.3 Å². The molecule has 1 aromatic heterocycles. The monoisotopic (exact) mass is 491 g/mol. The van der Waals surface area contributed by atoms with Crippen LogP contribution in [0.25, 0.3) is 22.2 Å². The number of benzene rings is 3. The SMILES string of the molecule is COC(=O)c1ccc(-c2nn(C(=O)c3c(C)cccc3Cl)c3cc(C4=NCCO4)ccc23)c(F)c1. The zero-order valence-corrected chi connectivity index (χ0v) is 19.6. The highest BCUT2D eigenvalue weighted by atomic mass is 35.5. The molecule has 0 fully saturated rings. The molecule has 0 saturated carbocycles. The van der Waals surface area contributed by atoms with Gasteiger partial charge in [-0.3, -0.25) is 4.79 Å². The summed E-state index contributed by atoms with van der Waals surface area (Å²) in [5.74, 6) is -1.32. The van der Waals surface area contributed by atoms with Crippen molar-refractivity contribution >= 4 is 40.3 Å². The first-order valence-electron chi connectivity index (χ1n) is 10.8. The van der Waals surface area contributed by atoms with E-state index in [0.29, 0.717) is 46.6 Å². The molecule has 0 aliphatic carbocycles. The van der Waals surface area contributed by atoms with Crippen LogP contribution in [0.1, 0.15) is 31.8 Å². The largest absolute Gasteiger partial charge is 0.476 e. The van der Waals surface area contributed by atoms with Crippen molar-refractivity contribution in [1.29, 1.82) is 0 Å². The molecule has 3 aromatic carbocycles. The molecule has 35 heavy (non-hydrogen) atoms. The average molecular weight is 492 g/mol. The van der Waals surface area contributed by atoms with E-state index in [1.807, 2.05) is 0 Å². The predicted octanol–water partition coefficient (Wildman–Crippen LogP) is 5.06. The molecule has 7 nitrogen and oxygen atoms in total. The summed E-state index contributed by atoms with van der Waals surface area (Å²) < 4.78 is 26.6. The Labute approximate surface area is 204 Å². The van der Waals surface area contributed by atoms with Crippen molar-refractivity contribution in [3.05, 3.63) is 87.7 Å². The van der Waals surface area contributed by atoms with E-state index >= 15 is 4.39 Å². The lowest BCUT2D eigenvalue weighted by Gasteiger charge is -2.08. The number of esters is 1. The number of methoxy groups -OCH3 is 1. The number of rotatable bonds is 4. The summed E-state index contributed by atoms with van der Waals surface area (Å²) in [6, 6.07) is 14.4. The standard InChI is InChI=1S/C26H19ClFN3O4/c1-14-4-3-5-19(27)22(14)25(32)31-21-13-15(24-29-10-11-35-24)6-9-18(21)23(30-31)17-8-7-16(12-20(17)28)26(33)34-2/h3-9,12-13H,10-11H2,1-2H3. The molecule has 0 spiro atoms. The van der Waals surface area contributed by atoms with Gasteiger partial charge in [-0.1, -0.05) is 23.7 Å². The summed E-state index contributed by atoms with van der Waals surface area (Å²) >= 11 is 6.37. The molecule has 9 heteroatoms. The maximum absolute atomic E-state index is 15.1. The van der Waals surface area contributed by atoms with Crippen molar-refractivity contribution in [3.63, 3.8) is 0 Å². The number of hydrogen-bond acceptors (Lipinski definition) is 6. The first kappa shape index (κ1) is 22.7. The van der Waals surface area contributed by atoms with Crippen molar-refractivity contribution in [1.82, 2.24) is 9.78 Å². The van der Waals surface area contributed by atoms with E-state index in [-0.39, 0.29) is 21.8 Å². The van der Waals surface area contributed by atoms with Gasteiger partial charge in [-0.15, -0.1) is 0 Å². The number of aryl methyl sites for hydroxylation is 1. The molecule has 0 bridgehead atoms. The molecular weight excluding hydrogens is 473 g/mol. The first-order valence-corrected chi connectivity index (χ1v) is 11.2. The Hall–Kier alpha value is -4.04. The minimum Gasteiger partial charge on any atom is -0.476 e. The number of aromatic nitrogens is 2. The van der Waals surface area contributed by atoms with Crippen LogP contribution in [-0.4, -0.2) is 47.8 Å². The van der Waals surface area contributed by atoms with Crippen molar-refractivity contribution in [2.45, 2.75) is 6.92 Å². The number of hydrogen-bond donors (Lipinski definition) is 0. The van der Waals surface area contributed by atoms with Crippen LogP contribution in [0.4, 0.5) is 4.39 Å². The Bertz CT molecular complexity index is 1520. The van der Waals surface area contributed by atoms with E-state index in [1.165, 1.54) is 23.9 Å². The second kappa shape index (κ2) is 8.96. The van der Waals surface area contributed by atoms with Crippen LogP contribution in [0.15, 0.2) is 59.6 Å². The van der Waals surface area contributed by atoms with Gasteiger partial charge in [0.1, 0.15) is 18.1 Å². The van der Waals surface area contributed by atoms with Gasteiger partial charge in [0.15, 0.2) is 0 Å². The normalized spacial score (nSPS) is 13.0. The van der Waals surface area contributed by atoms with Gasteiger partial charge < -0.3 is 9.47 Å². The van der Waals surface area contributed by atoms with Crippen LogP contribution in [0, 0.1) is 12.7 Å². The summed E-state index contributed by atoms with van der Waals surface area (Å²) in [4.78, 5) is 29.8. The van der Waals surface area contributed by atoms with Crippen molar-refractivity contribution in [2.75, 3.05) is 20.3 Å². The van der Waals surface area contributed by atoms with Gasteiger partial charge in [0.2, 0.25) is 5.90 Å². The Morgan fingerprint density at radius 2 is 1.97 bits per heavy atom. The summed E-state index contributed by atoms with van der Waals surface area (Å²) in [6.45, 7) is 2.81. The number of aliphatic imine (C=N–C) groups is 1. The zero-order valence-electron chi connectivity index (χ0n) is 18.8. The number of carbonyl (C=O) groups excluding carboxylic acids is 2. The molecule has 0 N–H and O–H groups in total. The number of carbonyl (C=O) groups is 2. The zero-order chi connectivity index (χ0) is 24.7. The lowest BCUT2D eigenvalue weighted by atomic mass is 10.0. The lowest BCUT2D eigenvalue weighted by molar-refractivity contribution is 0.0600. The van der Waals surface area contributed by atoms with Crippen LogP contribution in [-0.2, 0) is 9.47 Å². The fourth-order valence-corrected chi connectivity index (χ4v) is 4.37. The van der Waals surface area contributed by atoms with Gasteiger partial charge in [-0.25, -0.2) is 14.2 Å². The molecular formula is C26H19ClFN3O4. The van der Waals surface area contributed by atoms with Crippen LogP contribution in [0.2, 0.25) is 5.02 Å². The van der Waals surface area contributed by atoms with Crippen molar-refractivity contribution in [3.8, 4) is 11.3 Å². The Kier molecular flexibility index (Phi) is 5.82. The van der Waals surface area contributed by atoms with Gasteiger partial charge in [0.05, 0.1) is 35.3 Å². The third-order valence-electron chi connectivity index (χ3n) is 5.79. The van der Waals surface area contributed by atoms with E-state index < -0.39 is 17.7 Å². The Balaban J connectivity index is 1.73. The number of nitrogens with zero attached hydrogens (tertiary/aromatic N) is 3. The van der Waals surface area contributed by atoms with Crippen molar-refractivity contribution < 1.29 is 23.5 Å². The third-order valence-corrected chi connectivity index (χ3v) is 6.10. The van der Waals surface area contributed by atoms with Gasteiger partial charge in [-0.2, -0.15) is 9.78 Å². The second-order valence-electron chi connectivity index (χ2n) is 7.95. The van der Waals surface area contributed by atoms with Crippen LogP contribution < -0.4 is 0 Å². The summed E-state index contributed by atoms with van der Waals surface area (Å²) in [5, 5.41) is 5.34. The summed E-state index contributed by atoms with van der Waals surface area (Å²) in [6.07, 6.45) is 0. The third kappa shape index (κ3) is 3.95. The highest BCUT2D eigenvalue weighted by molar-refractivity contribution is 6.34. The van der Waals surface area contributed by atoms with E-state index in [4.69, 9.17) is 16.3 Å². The molecule has 5 rings (SSSR count). The number of ether oxygens (including phenoxy) is 2. The molecule has 2 heterocycles. The Morgan fingerprint density at radius 3 is 2.66 bits per heavy atom. The molecule has 0 saturated heterocycles. The van der Waals surface area contributed by atoms with Gasteiger partial charge >= 0.3 is 5.97 Å². The van der Waals surface area contributed by atoms with E-state index in [2.05, 4.69) is 14.8 Å². The van der Waals surface area contributed by atoms with Crippen molar-refractivity contribution in [2.24, 2.45) is 4.99 Å². The number of fused-ring (bicyclic) bond motifs is 1. The van der Waals surface area contributed by atoms with Gasteiger partial charge in [0, 0.05) is 16.5 Å². The predicted molar refractivity (Wildman–Crippen MR) is 130 cm³/mol. The van der Waals surface area contributed by atoms with Crippen LogP contribution in [0.3, 0.4) is 0 Å². The quantitative estimate of drug-likeness (QED) is 0.373. The highest BCUT2D eigenvalue weighted by Crippen LogP contribution is 2.33. The molecule has 4 aromatic rings. The molecule has 0 amide bonds. The minimum absolute atomic E-state index is 0.0685. The fourth-order valence-electron chi connectivity index (χ4n) is 4.07. The topological polar surface area (TPSA) is 82.8 Å². The number of halogens is 2. The lowest BCUT2D eigenvalue weighted by Crippen LogP contribution is -2.16. The highest BCUT2D eigenvalue weighted by Gasteiger charge is 2.24. The van der Waals surface area contributed by atoms with Gasteiger partial charge in [-0.05, 0) is 55.0 Å². The van der Waals surface area contributed by atoms with Crippen LogP contribution in [0.5, 0.6) is 0 Å². The van der Waals surface area contributed by atoms with E-state index in [0.717, 1.165) is 6.07 Å². The summed E-state index contributed by atoms with van der Waals surface area (Å²) in [5.41, 5.74) is 2.54. The maximum atomic E-state index is 15.1. The summed E-state index contributed by atoms with van der Waals surface area (Å²) in [7, 11) is 1.22. The smallest absolute Gasteiger partial charge is 0.337 e. The molecule has 0 atom stereocenters. The average Bonchev–Trinajstić information content (AvgIpc) is 3.51. The first-order chi connectivity index (χ1) is 16.9. The fraction of sp³-hybridized carbons (Fsp3) is 0.154. The Morgan fingerprint density at radius 1 is 1.14 bits per heavy atom. The maximum Gasteiger partial charge on any atom is 0.337 e. The second-order valence-corrected chi connectivity index (χ2v) is 8.36. The molecule has 1 aliphatic heterocycles. The van der Waals surface area contributed by atoms with Gasteiger partial charge in [0.25, 0.3) is 5.91 Å². The minimum atomic E-state index is -0.673. The molecule has 0 unspecified atom stereocenters.